The second-order valence-electron chi connectivity index (χ2n) is 6.24. The molecule has 2 aromatic carbocycles. The van der Waals surface area contributed by atoms with Crippen molar-refractivity contribution in [1.82, 2.24) is 0 Å². The van der Waals surface area contributed by atoms with Crippen molar-refractivity contribution >= 4 is 31.5 Å². The number of hydrogen-bond donors (Lipinski definition) is 0. The molecule has 0 N–H and O–H groups in total. The average Bonchev–Trinajstić information content (AvgIpc) is 2.93. The number of fused-ring (bicyclic) bond motifs is 3. The van der Waals surface area contributed by atoms with E-state index in [0.29, 0.717) is 5.92 Å². The zero-order chi connectivity index (χ0) is 15.1. The Bertz CT molecular complexity index is 908. The Balaban J connectivity index is 1.84. The number of allylic oxidation sites excluding steroid dienone is 4. The van der Waals surface area contributed by atoms with E-state index in [-0.39, 0.29) is 0 Å². The van der Waals surface area contributed by atoms with E-state index in [0.717, 1.165) is 0 Å². The summed E-state index contributed by atoms with van der Waals surface area (Å²) in [5.74, 6) is 0.514. The number of thiophene rings is 1. The Morgan fingerprint density at radius 2 is 2.00 bits per heavy atom. The minimum atomic E-state index is 0.514. The van der Waals surface area contributed by atoms with Gasteiger partial charge >= 0.3 is 0 Å². The van der Waals surface area contributed by atoms with Crippen molar-refractivity contribution in [2.45, 2.75) is 32.6 Å². The lowest BCUT2D eigenvalue weighted by Crippen LogP contribution is -1.99. The number of hydrogen-bond acceptors (Lipinski definition) is 1. The van der Waals surface area contributed by atoms with Crippen LogP contribution >= 0.6 is 11.3 Å². The molecule has 110 valence electrons. The van der Waals surface area contributed by atoms with Gasteiger partial charge in [0.15, 0.2) is 0 Å². The van der Waals surface area contributed by atoms with E-state index in [4.69, 9.17) is 0 Å². The van der Waals surface area contributed by atoms with Crippen LogP contribution in [0.5, 0.6) is 0 Å². The largest absolute Gasteiger partial charge is 0.135 e. The second-order valence-corrected chi connectivity index (χ2v) is 7.32. The van der Waals surface area contributed by atoms with Gasteiger partial charge in [-0.25, -0.2) is 0 Å². The van der Waals surface area contributed by atoms with Gasteiger partial charge in [0.2, 0.25) is 0 Å². The Labute approximate surface area is 135 Å². The quantitative estimate of drug-likeness (QED) is 0.491. The minimum absolute atomic E-state index is 0.514. The molecule has 1 atom stereocenters. The first-order chi connectivity index (χ1) is 10.7. The zero-order valence-corrected chi connectivity index (χ0v) is 13.9. The number of rotatable bonds is 2. The first kappa shape index (κ1) is 13.8. The molecule has 0 saturated heterocycles. The molecule has 1 aliphatic rings. The van der Waals surface area contributed by atoms with Crippen LogP contribution in [-0.2, 0) is 0 Å². The maximum Gasteiger partial charge on any atom is 0.0358 e. The Morgan fingerprint density at radius 1 is 1.09 bits per heavy atom. The summed E-state index contributed by atoms with van der Waals surface area (Å²) in [5.41, 5.74) is 4.38. The van der Waals surface area contributed by atoms with Gasteiger partial charge in [-0.15, -0.1) is 11.3 Å². The van der Waals surface area contributed by atoms with E-state index in [1.54, 1.807) is 5.57 Å². The van der Waals surface area contributed by atoms with Gasteiger partial charge < -0.3 is 0 Å². The van der Waals surface area contributed by atoms with Crippen LogP contribution in [0.3, 0.4) is 0 Å². The van der Waals surface area contributed by atoms with E-state index in [2.05, 4.69) is 68.5 Å². The minimum Gasteiger partial charge on any atom is -0.135 e. The van der Waals surface area contributed by atoms with E-state index < -0.39 is 0 Å². The average molecular weight is 304 g/mol. The van der Waals surface area contributed by atoms with E-state index in [9.17, 15) is 0 Å². The molecule has 0 nitrogen and oxygen atoms in total. The van der Waals surface area contributed by atoms with Crippen molar-refractivity contribution < 1.29 is 0 Å². The summed E-state index contributed by atoms with van der Waals surface area (Å²) >= 11 is 1.92. The van der Waals surface area contributed by atoms with Crippen LogP contribution < -0.4 is 0 Å². The Hall–Kier alpha value is -1.86. The number of aryl methyl sites for hydroxylation is 1. The summed E-state index contributed by atoms with van der Waals surface area (Å²) in [4.78, 5) is 0. The molecule has 1 aromatic heterocycles. The molecule has 3 aromatic rings. The van der Waals surface area contributed by atoms with Crippen molar-refractivity contribution in [3.63, 3.8) is 0 Å². The Kier molecular flexibility index (Phi) is 3.38. The lowest BCUT2D eigenvalue weighted by molar-refractivity contribution is 0.800. The fraction of sp³-hybridized carbons (Fsp3) is 0.238. The van der Waals surface area contributed by atoms with Crippen molar-refractivity contribution in [2.75, 3.05) is 0 Å². The highest BCUT2D eigenvalue weighted by atomic mass is 32.1. The molecule has 0 spiro atoms. The molecular weight excluding hydrogens is 284 g/mol. The summed E-state index contributed by atoms with van der Waals surface area (Å²) in [6, 6.07) is 13.7. The van der Waals surface area contributed by atoms with Gasteiger partial charge in [-0.2, -0.15) is 0 Å². The van der Waals surface area contributed by atoms with Gasteiger partial charge in [-0.1, -0.05) is 55.0 Å². The standard InChI is InChI=1S/C21H20S/c1-14-7-6-10-19-21(14)18-12-11-17(13-20(18)22-19)15(2)16-8-4-3-5-9-16/h3-4,6-8,10-13,15H,5,9H2,1-2H3. The van der Waals surface area contributed by atoms with Gasteiger partial charge in [0.25, 0.3) is 0 Å². The SMILES string of the molecule is Cc1cccc2sc3cc(C(C)C4=CC=CCC4)ccc3c12. The normalized spacial score (nSPS) is 16.2. The third kappa shape index (κ3) is 2.21. The first-order valence-electron chi connectivity index (χ1n) is 8.01. The molecule has 0 saturated carbocycles. The fourth-order valence-electron chi connectivity index (χ4n) is 3.48. The van der Waals surface area contributed by atoms with Gasteiger partial charge in [0, 0.05) is 26.1 Å². The lowest BCUT2D eigenvalue weighted by Gasteiger charge is -2.18. The van der Waals surface area contributed by atoms with Crippen LogP contribution in [0, 0.1) is 6.92 Å². The number of benzene rings is 2. The van der Waals surface area contributed by atoms with Crippen LogP contribution in [0.1, 0.15) is 36.8 Å². The molecular formula is C21H20S. The molecule has 4 rings (SSSR count). The fourth-order valence-corrected chi connectivity index (χ4v) is 4.72. The second kappa shape index (κ2) is 5.40. The van der Waals surface area contributed by atoms with E-state index in [1.807, 2.05) is 11.3 Å². The molecule has 0 aliphatic heterocycles. The molecule has 1 heterocycles. The van der Waals surface area contributed by atoms with Crippen LogP contribution in [0.4, 0.5) is 0 Å². The molecule has 0 radical (unpaired) electrons. The molecule has 1 heteroatoms. The van der Waals surface area contributed by atoms with Crippen molar-refractivity contribution in [3.8, 4) is 0 Å². The van der Waals surface area contributed by atoms with Gasteiger partial charge in [0.05, 0.1) is 0 Å². The smallest absolute Gasteiger partial charge is 0.0358 e. The van der Waals surface area contributed by atoms with Crippen molar-refractivity contribution in [1.29, 1.82) is 0 Å². The maximum absolute atomic E-state index is 2.41. The van der Waals surface area contributed by atoms with Crippen LogP contribution in [0.25, 0.3) is 20.2 Å². The van der Waals surface area contributed by atoms with E-state index in [1.165, 1.54) is 44.1 Å². The monoisotopic (exact) mass is 304 g/mol. The highest BCUT2D eigenvalue weighted by Gasteiger charge is 2.14. The van der Waals surface area contributed by atoms with Gasteiger partial charge in [-0.05, 0) is 43.0 Å². The predicted octanol–water partition coefficient (Wildman–Crippen LogP) is 6.74. The van der Waals surface area contributed by atoms with Crippen molar-refractivity contribution in [3.05, 3.63) is 71.3 Å². The third-order valence-corrected chi connectivity index (χ3v) is 5.95. The van der Waals surface area contributed by atoms with E-state index >= 15 is 0 Å². The maximum atomic E-state index is 2.41. The summed E-state index contributed by atoms with van der Waals surface area (Å²) in [6.45, 7) is 4.55. The molecule has 0 bridgehead atoms. The van der Waals surface area contributed by atoms with Crippen LogP contribution in [0.15, 0.2) is 60.2 Å². The molecule has 1 aliphatic carbocycles. The zero-order valence-electron chi connectivity index (χ0n) is 13.1. The highest BCUT2D eigenvalue weighted by molar-refractivity contribution is 7.25. The Morgan fingerprint density at radius 3 is 2.82 bits per heavy atom. The molecule has 1 unspecified atom stereocenters. The van der Waals surface area contributed by atoms with Crippen LogP contribution in [0.2, 0.25) is 0 Å². The lowest BCUT2D eigenvalue weighted by atomic mass is 9.87. The summed E-state index contributed by atoms with van der Waals surface area (Å²) < 4.78 is 2.82. The summed E-state index contributed by atoms with van der Waals surface area (Å²) in [7, 11) is 0. The first-order valence-corrected chi connectivity index (χ1v) is 8.83. The van der Waals surface area contributed by atoms with Gasteiger partial charge in [0.1, 0.15) is 0 Å². The molecule has 0 amide bonds. The molecule has 0 fully saturated rings. The summed E-state index contributed by atoms with van der Waals surface area (Å²) in [6.07, 6.45) is 9.14. The topological polar surface area (TPSA) is 0 Å². The third-order valence-electron chi connectivity index (χ3n) is 4.83. The van der Waals surface area contributed by atoms with Crippen molar-refractivity contribution in [2.24, 2.45) is 0 Å². The highest BCUT2D eigenvalue weighted by Crippen LogP contribution is 2.38. The molecule has 22 heavy (non-hydrogen) atoms. The van der Waals surface area contributed by atoms with Crippen LogP contribution in [-0.4, -0.2) is 0 Å². The summed E-state index contributed by atoms with van der Waals surface area (Å²) in [5, 5.41) is 2.84. The predicted molar refractivity (Wildman–Crippen MR) is 98.9 cm³/mol. The van der Waals surface area contributed by atoms with Gasteiger partial charge in [-0.3, -0.25) is 0 Å².